The summed E-state index contributed by atoms with van der Waals surface area (Å²) in [5, 5.41) is 0. The zero-order valence-corrected chi connectivity index (χ0v) is 9.39. The Morgan fingerprint density at radius 3 is 1.71 bits per heavy atom. The van der Waals surface area contributed by atoms with E-state index in [0.717, 1.165) is 0 Å². The minimum atomic E-state index is 0. The summed E-state index contributed by atoms with van der Waals surface area (Å²) in [4.78, 5) is 0. The minimum absolute atomic E-state index is 0. The molecule has 0 saturated heterocycles. The van der Waals surface area contributed by atoms with Crippen LogP contribution in [0.3, 0.4) is 0 Å². The van der Waals surface area contributed by atoms with Crippen molar-refractivity contribution >= 4 is 0 Å². The Kier molecular flexibility index (Phi) is 10.7. The van der Waals surface area contributed by atoms with Gasteiger partial charge in [0.2, 0.25) is 0 Å². The van der Waals surface area contributed by atoms with Gasteiger partial charge in [-0.3, -0.25) is 0 Å². The summed E-state index contributed by atoms with van der Waals surface area (Å²) in [6.45, 7) is 0. The van der Waals surface area contributed by atoms with Gasteiger partial charge in [-0.1, -0.05) is 0 Å². The van der Waals surface area contributed by atoms with Gasteiger partial charge in [0.05, 0.1) is 12.5 Å². The molecule has 0 aliphatic carbocycles. The Hall–Kier alpha value is 0.903. The molecule has 1 heterocycles. The molecular formula is C4H5NaOZn. The number of hydrogen-bond acceptors (Lipinski definition) is 1. The molecular weight excluding hydrogens is 152 g/mol. The Labute approximate surface area is 79.0 Å². The van der Waals surface area contributed by atoms with Crippen LogP contribution in [-0.2, 0) is 19.5 Å². The fourth-order valence-corrected chi connectivity index (χ4v) is 0.227. The van der Waals surface area contributed by atoms with E-state index in [1.54, 1.807) is 12.5 Å². The normalized spacial score (nSPS) is 5.71. The molecule has 3 heteroatoms. The fourth-order valence-electron chi connectivity index (χ4n) is 0.227. The summed E-state index contributed by atoms with van der Waals surface area (Å²) in [7, 11) is 0. The van der Waals surface area contributed by atoms with E-state index in [1.807, 2.05) is 12.1 Å². The number of furan rings is 1. The van der Waals surface area contributed by atoms with Crippen LogP contribution in [0.5, 0.6) is 0 Å². The molecule has 0 aromatic carbocycles. The van der Waals surface area contributed by atoms with Crippen LogP contribution in [0.15, 0.2) is 29.1 Å². The molecule has 0 atom stereocenters. The maximum absolute atomic E-state index is 4.58. The topological polar surface area (TPSA) is 13.1 Å². The molecule has 0 spiro atoms. The third kappa shape index (κ3) is 4.76. The second-order valence-electron chi connectivity index (χ2n) is 0.793. The van der Waals surface area contributed by atoms with Gasteiger partial charge in [-0.05, 0) is 12.1 Å². The van der Waals surface area contributed by atoms with Gasteiger partial charge in [-0.25, -0.2) is 0 Å². The van der Waals surface area contributed by atoms with Crippen LogP contribution < -0.4 is 29.6 Å². The van der Waals surface area contributed by atoms with Crippen molar-refractivity contribution in [2.24, 2.45) is 0 Å². The van der Waals surface area contributed by atoms with Gasteiger partial charge >= 0.3 is 29.6 Å². The average molecular weight is 157 g/mol. The van der Waals surface area contributed by atoms with Crippen LogP contribution in [0.1, 0.15) is 1.43 Å². The Morgan fingerprint density at radius 1 is 1.14 bits per heavy atom. The Balaban J connectivity index is -0.0000000833. The summed E-state index contributed by atoms with van der Waals surface area (Å²) in [5.74, 6) is 0. The van der Waals surface area contributed by atoms with Crippen molar-refractivity contribution in [1.82, 2.24) is 0 Å². The summed E-state index contributed by atoms with van der Waals surface area (Å²) in [6, 6.07) is 3.67. The van der Waals surface area contributed by atoms with Crippen molar-refractivity contribution in [1.29, 1.82) is 0 Å². The van der Waals surface area contributed by atoms with Gasteiger partial charge in [0.15, 0.2) is 0 Å². The monoisotopic (exact) mass is 156 g/mol. The molecule has 0 N–H and O–H groups in total. The van der Waals surface area contributed by atoms with Gasteiger partial charge in [-0.15, -0.1) is 0 Å². The first-order valence-corrected chi connectivity index (χ1v) is 1.47. The summed E-state index contributed by atoms with van der Waals surface area (Å²) >= 11 is 0. The third-order valence-electron chi connectivity index (χ3n) is 0.425. The van der Waals surface area contributed by atoms with Gasteiger partial charge in [0.25, 0.3) is 0 Å². The predicted octanol–water partition coefficient (Wildman–Crippen LogP) is -1.61. The summed E-state index contributed by atoms with van der Waals surface area (Å²) in [5.41, 5.74) is 0. The first kappa shape index (κ1) is 10.8. The van der Waals surface area contributed by atoms with E-state index in [9.17, 15) is 0 Å². The number of hydrogen-bond donors (Lipinski definition) is 0. The van der Waals surface area contributed by atoms with Crippen molar-refractivity contribution in [3.05, 3.63) is 24.7 Å². The van der Waals surface area contributed by atoms with E-state index in [4.69, 9.17) is 0 Å². The van der Waals surface area contributed by atoms with Gasteiger partial charge in [0.1, 0.15) is 0 Å². The molecule has 0 aliphatic rings. The molecule has 1 aromatic heterocycles. The summed E-state index contributed by atoms with van der Waals surface area (Å²) in [6.07, 6.45) is 3.25. The standard InChI is InChI=1S/C4H4O.Na.Zn.H/c1-2-4-5-3-1;;;/h1-4H;;;/q;+1;;-1. The first-order valence-electron chi connectivity index (χ1n) is 1.47. The van der Waals surface area contributed by atoms with E-state index in [1.165, 1.54) is 0 Å². The molecule has 30 valence electrons. The molecule has 0 aliphatic heterocycles. The zero-order chi connectivity index (χ0) is 3.54. The molecule has 7 heavy (non-hydrogen) atoms. The van der Waals surface area contributed by atoms with Gasteiger partial charge < -0.3 is 5.84 Å². The molecule has 0 amide bonds. The van der Waals surface area contributed by atoms with Gasteiger partial charge in [-0.2, -0.15) is 0 Å². The Morgan fingerprint density at radius 2 is 1.57 bits per heavy atom. The van der Waals surface area contributed by atoms with E-state index >= 15 is 0 Å². The molecule has 0 saturated carbocycles. The maximum atomic E-state index is 4.58. The van der Waals surface area contributed by atoms with Crippen LogP contribution in [0, 0.1) is 0 Å². The van der Waals surface area contributed by atoms with Crippen molar-refractivity contribution in [2.45, 2.75) is 0 Å². The van der Waals surface area contributed by atoms with E-state index < -0.39 is 0 Å². The third-order valence-corrected chi connectivity index (χ3v) is 0.425. The Bertz CT molecular complexity index is 72.5. The smallest absolute Gasteiger partial charge is 1.00 e. The van der Waals surface area contributed by atoms with Gasteiger partial charge in [0, 0.05) is 19.5 Å². The van der Waals surface area contributed by atoms with Crippen LogP contribution in [0.2, 0.25) is 0 Å². The largest absolute Gasteiger partial charge is 1.00 e. The molecule has 0 unspecified atom stereocenters. The second-order valence-corrected chi connectivity index (χ2v) is 0.793. The predicted molar refractivity (Wildman–Crippen MR) is 19.8 cm³/mol. The summed E-state index contributed by atoms with van der Waals surface area (Å²) < 4.78 is 4.58. The fraction of sp³-hybridized carbons (Fsp3) is 0. The molecule has 0 bridgehead atoms. The van der Waals surface area contributed by atoms with Crippen molar-refractivity contribution in [3.63, 3.8) is 0 Å². The van der Waals surface area contributed by atoms with Crippen molar-refractivity contribution < 1.29 is 54.9 Å². The van der Waals surface area contributed by atoms with E-state index in [-0.39, 0.29) is 50.5 Å². The molecule has 1 rings (SSSR count). The SMILES string of the molecule is [H-].[Na+].[Zn].c1ccoc1. The van der Waals surface area contributed by atoms with E-state index in [0.29, 0.717) is 0 Å². The molecule has 1 nitrogen and oxygen atoms in total. The van der Waals surface area contributed by atoms with Crippen LogP contribution >= 0.6 is 0 Å². The van der Waals surface area contributed by atoms with Crippen LogP contribution in [0.4, 0.5) is 0 Å². The van der Waals surface area contributed by atoms with Crippen LogP contribution in [-0.4, -0.2) is 0 Å². The quantitative estimate of drug-likeness (QED) is 0.413. The average Bonchev–Trinajstić information content (AvgIpc) is 1.76. The number of rotatable bonds is 0. The van der Waals surface area contributed by atoms with E-state index in [2.05, 4.69) is 4.42 Å². The second kappa shape index (κ2) is 6.90. The van der Waals surface area contributed by atoms with Crippen molar-refractivity contribution in [2.75, 3.05) is 0 Å². The minimum Gasteiger partial charge on any atom is -1.00 e. The molecule has 0 fully saturated rings. The zero-order valence-electron chi connectivity index (χ0n) is 5.42. The van der Waals surface area contributed by atoms with Crippen molar-refractivity contribution in [3.8, 4) is 0 Å². The molecule has 0 radical (unpaired) electrons. The van der Waals surface area contributed by atoms with Crippen LogP contribution in [0.25, 0.3) is 0 Å². The maximum Gasteiger partial charge on any atom is 1.00 e. The molecule has 1 aromatic rings. The first-order chi connectivity index (χ1) is 2.50.